The van der Waals surface area contributed by atoms with Crippen LogP contribution in [-0.2, 0) is 13.6 Å². The Hall–Kier alpha value is -2.21. The van der Waals surface area contributed by atoms with Gasteiger partial charge in [0.1, 0.15) is 10.7 Å². The van der Waals surface area contributed by atoms with Crippen molar-refractivity contribution in [1.82, 2.24) is 14.5 Å². The van der Waals surface area contributed by atoms with E-state index >= 15 is 0 Å². The van der Waals surface area contributed by atoms with Crippen molar-refractivity contribution >= 4 is 23.1 Å². The van der Waals surface area contributed by atoms with Crippen molar-refractivity contribution in [3.63, 3.8) is 0 Å². The van der Waals surface area contributed by atoms with Crippen LogP contribution in [0.3, 0.4) is 0 Å². The Kier molecular flexibility index (Phi) is 4.14. The van der Waals surface area contributed by atoms with Gasteiger partial charge >= 0.3 is 0 Å². The Labute approximate surface area is 123 Å². The topological polar surface area (TPSA) is 64.2 Å². The van der Waals surface area contributed by atoms with Crippen LogP contribution in [0.15, 0.2) is 36.8 Å². The summed E-state index contributed by atoms with van der Waals surface area (Å²) in [5.74, 6) is -0.0780. The summed E-state index contributed by atoms with van der Waals surface area (Å²) in [5, 5.41) is 0. The molecular weight excluding hydrogens is 272 g/mol. The summed E-state index contributed by atoms with van der Waals surface area (Å²) in [4.78, 5) is 18.2. The summed E-state index contributed by atoms with van der Waals surface area (Å²) in [5.41, 5.74) is 7.95. The third-order valence-electron chi connectivity index (χ3n) is 3.01. The van der Waals surface area contributed by atoms with Gasteiger partial charge in [-0.15, -0.1) is 0 Å². The van der Waals surface area contributed by atoms with Crippen molar-refractivity contribution in [2.45, 2.75) is 6.54 Å². The maximum Gasteiger partial charge on any atom is 0.272 e. The number of nitrogens with zero attached hydrogens (tertiary/aromatic N) is 3. The highest BCUT2D eigenvalue weighted by Gasteiger charge is 2.15. The number of thiocarbonyl (C=S) groups is 1. The van der Waals surface area contributed by atoms with Crippen molar-refractivity contribution in [2.75, 3.05) is 7.05 Å². The Bertz CT molecular complexity index is 650. The Morgan fingerprint density at radius 2 is 2.25 bits per heavy atom. The van der Waals surface area contributed by atoms with Gasteiger partial charge in [0.25, 0.3) is 5.91 Å². The number of aryl methyl sites for hydroxylation is 1. The molecular formula is C14H16N4OS. The highest BCUT2D eigenvalue weighted by Crippen LogP contribution is 2.10. The van der Waals surface area contributed by atoms with E-state index in [0.717, 1.165) is 11.1 Å². The molecule has 1 aromatic carbocycles. The molecule has 0 fully saturated rings. The van der Waals surface area contributed by atoms with Gasteiger partial charge in [0.15, 0.2) is 0 Å². The van der Waals surface area contributed by atoms with Crippen LogP contribution < -0.4 is 5.73 Å². The van der Waals surface area contributed by atoms with Crippen molar-refractivity contribution in [3.05, 3.63) is 53.6 Å². The second-order valence-electron chi connectivity index (χ2n) is 4.62. The van der Waals surface area contributed by atoms with Gasteiger partial charge in [0, 0.05) is 26.2 Å². The minimum Gasteiger partial charge on any atom is -0.389 e. The molecule has 0 aliphatic carbocycles. The number of benzene rings is 1. The molecule has 0 aliphatic rings. The number of carbonyl (C=O) groups is 1. The van der Waals surface area contributed by atoms with Gasteiger partial charge in [-0.05, 0) is 11.6 Å². The molecule has 2 aromatic rings. The Morgan fingerprint density at radius 3 is 2.85 bits per heavy atom. The first kappa shape index (κ1) is 14.2. The van der Waals surface area contributed by atoms with Crippen LogP contribution in [0.1, 0.15) is 21.6 Å². The zero-order chi connectivity index (χ0) is 14.7. The summed E-state index contributed by atoms with van der Waals surface area (Å²) in [7, 11) is 3.55. The molecule has 6 heteroatoms. The zero-order valence-electron chi connectivity index (χ0n) is 11.4. The van der Waals surface area contributed by atoms with E-state index in [4.69, 9.17) is 18.0 Å². The van der Waals surface area contributed by atoms with Crippen LogP contribution >= 0.6 is 12.2 Å². The predicted octanol–water partition coefficient (Wildman–Crippen LogP) is 1.33. The van der Waals surface area contributed by atoms with Crippen LogP contribution in [0.25, 0.3) is 0 Å². The van der Waals surface area contributed by atoms with Crippen LogP contribution in [0, 0.1) is 0 Å². The van der Waals surface area contributed by atoms with Gasteiger partial charge in [-0.25, -0.2) is 4.98 Å². The fourth-order valence-corrected chi connectivity index (χ4v) is 2.05. The first-order chi connectivity index (χ1) is 9.49. The van der Waals surface area contributed by atoms with E-state index in [1.807, 2.05) is 24.3 Å². The molecule has 0 atom stereocenters. The standard InChI is InChI=1S/C14H16N4OS/c1-17(14(19)12-7-16-9-18(12)2)8-10-4-3-5-11(6-10)13(15)20/h3-7,9H,8H2,1-2H3,(H2,15,20). The lowest BCUT2D eigenvalue weighted by Gasteiger charge is -2.17. The van der Waals surface area contributed by atoms with Crippen molar-refractivity contribution < 1.29 is 4.79 Å². The summed E-state index contributed by atoms with van der Waals surface area (Å²) in [6, 6.07) is 7.57. The average Bonchev–Trinajstić information content (AvgIpc) is 2.84. The number of imidazole rings is 1. The number of carbonyl (C=O) groups excluding carboxylic acids is 1. The van der Waals surface area contributed by atoms with E-state index in [-0.39, 0.29) is 5.91 Å². The lowest BCUT2D eigenvalue weighted by atomic mass is 10.1. The van der Waals surface area contributed by atoms with E-state index in [0.29, 0.717) is 17.2 Å². The van der Waals surface area contributed by atoms with Gasteiger partial charge in [0.2, 0.25) is 0 Å². The molecule has 0 aliphatic heterocycles. The molecule has 0 saturated carbocycles. The van der Waals surface area contributed by atoms with Crippen LogP contribution in [-0.4, -0.2) is 32.4 Å². The largest absolute Gasteiger partial charge is 0.389 e. The van der Waals surface area contributed by atoms with Gasteiger partial charge in [-0.3, -0.25) is 4.79 Å². The third kappa shape index (κ3) is 3.03. The quantitative estimate of drug-likeness (QED) is 0.862. The first-order valence-corrected chi connectivity index (χ1v) is 6.50. The van der Waals surface area contributed by atoms with Crippen molar-refractivity contribution in [1.29, 1.82) is 0 Å². The normalized spacial score (nSPS) is 10.3. The molecule has 104 valence electrons. The minimum absolute atomic E-state index is 0.0780. The van der Waals surface area contributed by atoms with Gasteiger partial charge in [0.05, 0.1) is 12.5 Å². The van der Waals surface area contributed by atoms with E-state index in [9.17, 15) is 4.79 Å². The molecule has 0 bridgehead atoms. The van der Waals surface area contributed by atoms with Crippen LogP contribution in [0.2, 0.25) is 0 Å². The monoisotopic (exact) mass is 288 g/mol. The lowest BCUT2D eigenvalue weighted by Crippen LogP contribution is -2.27. The molecule has 1 heterocycles. The number of nitrogens with two attached hydrogens (primary N) is 1. The molecule has 1 aromatic heterocycles. The Balaban J connectivity index is 2.14. The van der Waals surface area contributed by atoms with E-state index in [1.54, 1.807) is 36.1 Å². The molecule has 0 unspecified atom stereocenters. The second-order valence-corrected chi connectivity index (χ2v) is 5.06. The molecule has 2 N–H and O–H groups in total. The molecule has 0 saturated heterocycles. The molecule has 0 radical (unpaired) electrons. The second kappa shape index (κ2) is 5.83. The number of rotatable bonds is 4. The average molecular weight is 288 g/mol. The first-order valence-electron chi connectivity index (χ1n) is 6.09. The highest BCUT2D eigenvalue weighted by atomic mass is 32.1. The van der Waals surface area contributed by atoms with Crippen LogP contribution in [0.4, 0.5) is 0 Å². The van der Waals surface area contributed by atoms with E-state index in [2.05, 4.69) is 4.98 Å². The Morgan fingerprint density at radius 1 is 1.50 bits per heavy atom. The lowest BCUT2D eigenvalue weighted by molar-refractivity contribution is 0.0775. The minimum atomic E-state index is -0.0780. The summed E-state index contributed by atoms with van der Waals surface area (Å²) in [6.07, 6.45) is 3.17. The van der Waals surface area contributed by atoms with Gasteiger partial charge < -0.3 is 15.2 Å². The maximum atomic E-state index is 12.3. The summed E-state index contributed by atoms with van der Waals surface area (Å²) >= 11 is 4.95. The highest BCUT2D eigenvalue weighted by molar-refractivity contribution is 7.80. The fourth-order valence-electron chi connectivity index (χ4n) is 1.93. The van der Waals surface area contributed by atoms with Crippen molar-refractivity contribution in [2.24, 2.45) is 12.8 Å². The van der Waals surface area contributed by atoms with E-state index in [1.165, 1.54) is 0 Å². The smallest absolute Gasteiger partial charge is 0.272 e. The number of hydrogen-bond acceptors (Lipinski definition) is 3. The SMILES string of the molecule is CN(Cc1cccc(C(N)=S)c1)C(=O)c1cncn1C. The van der Waals surface area contributed by atoms with Gasteiger partial charge in [-0.1, -0.05) is 30.4 Å². The van der Waals surface area contributed by atoms with E-state index < -0.39 is 0 Å². The molecule has 2 rings (SSSR count). The molecule has 1 amide bonds. The predicted molar refractivity (Wildman–Crippen MR) is 81.3 cm³/mol. The zero-order valence-corrected chi connectivity index (χ0v) is 12.2. The molecule has 5 nitrogen and oxygen atoms in total. The number of amides is 1. The third-order valence-corrected chi connectivity index (χ3v) is 3.25. The van der Waals surface area contributed by atoms with Crippen LogP contribution in [0.5, 0.6) is 0 Å². The molecule has 20 heavy (non-hydrogen) atoms. The number of aromatic nitrogens is 2. The number of hydrogen-bond donors (Lipinski definition) is 1. The van der Waals surface area contributed by atoms with Gasteiger partial charge in [-0.2, -0.15) is 0 Å². The summed E-state index contributed by atoms with van der Waals surface area (Å²) < 4.78 is 1.70. The molecule has 0 spiro atoms. The fraction of sp³-hybridized carbons (Fsp3) is 0.214. The van der Waals surface area contributed by atoms with Crippen molar-refractivity contribution in [3.8, 4) is 0 Å². The maximum absolute atomic E-state index is 12.3. The summed E-state index contributed by atoms with van der Waals surface area (Å²) in [6.45, 7) is 0.487.